The van der Waals surface area contributed by atoms with Crippen LogP contribution in [0.25, 0.3) is 0 Å². The quantitative estimate of drug-likeness (QED) is 0.683. The molecule has 0 unspecified atom stereocenters. The van der Waals surface area contributed by atoms with E-state index < -0.39 is 11.6 Å². The monoisotopic (exact) mass is 367 g/mol. The van der Waals surface area contributed by atoms with Crippen LogP contribution in [0.2, 0.25) is 10.0 Å². The van der Waals surface area contributed by atoms with Crippen molar-refractivity contribution in [3.05, 3.63) is 64.3 Å². The van der Waals surface area contributed by atoms with Crippen LogP contribution in [0.4, 0.5) is 31.9 Å². The maximum absolute atomic E-state index is 13.7. The van der Waals surface area contributed by atoms with Gasteiger partial charge in [-0.25, -0.2) is 8.78 Å². The highest BCUT2D eigenvalue weighted by molar-refractivity contribution is 6.39. The van der Waals surface area contributed by atoms with Crippen molar-refractivity contribution >= 4 is 46.3 Å². The van der Waals surface area contributed by atoms with E-state index in [9.17, 15) is 8.78 Å². The Balaban J connectivity index is 1.87. The molecule has 5 nitrogen and oxygen atoms in total. The number of benzene rings is 2. The molecule has 0 amide bonds. The molecule has 0 aliphatic rings. The minimum atomic E-state index is -0.753. The van der Waals surface area contributed by atoms with Crippen LogP contribution in [0.1, 0.15) is 0 Å². The number of anilines is 4. The van der Waals surface area contributed by atoms with E-state index in [1.807, 2.05) is 0 Å². The van der Waals surface area contributed by atoms with E-state index in [1.165, 1.54) is 12.3 Å². The fourth-order valence-corrected chi connectivity index (χ4v) is 2.38. The molecule has 0 fully saturated rings. The summed E-state index contributed by atoms with van der Waals surface area (Å²) >= 11 is 12.1. The fourth-order valence-electron chi connectivity index (χ4n) is 1.89. The predicted molar refractivity (Wildman–Crippen MR) is 89.2 cm³/mol. The number of nitrogens with one attached hydrogen (secondary N) is 2. The lowest BCUT2D eigenvalue weighted by molar-refractivity contribution is 0.590. The van der Waals surface area contributed by atoms with Crippen LogP contribution in [0, 0.1) is 11.6 Å². The number of hydrogen-bond acceptors (Lipinski definition) is 5. The van der Waals surface area contributed by atoms with Crippen LogP contribution in [0.5, 0.6) is 0 Å². The molecule has 0 radical (unpaired) electrons. The van der Waals surface area contributed by atoms with Gasteiger partial charge in [-0.3, -0.25) is 0 Å². The lowest BCUT2D eigenvalue weighted by atomic mass is 10.3. The molecule has 0 saturated heterocycles. The summed E-state index contributed by atoms with van der Waals surface area (Å²) in [6, 6.07) is 8.49. The molecule has 3 rings (SSSR count). The van der Waals surface area contributed by atoms with E-state index in [1.54, 1.807) is 18.2 Å². The minimum absolute atomic E-state index is 0.0618. The standard InChI is InChI=1S/C15H9Cl2F2N5/c16-8-3-1-4-9(17)13(8)23-15-22-12(7-20-24-15)21-14-10(18)5-2-6-11(14)19/h1-7H,(H2,21,22,23,24). The van der Waals surface area contributed by atoms with Crippen molar-refractivity contribution in [1.82, 2.24) is 15.2 Å². The van der Waals surface area contributed by atoms with Gasteiger partial charge in [-0.1, -0.05) is 35.3 Å². The molecule has 1 heterocycles. The first-order chi connectivity index (χ1) is 11.5. The molecular weight excluding hydrogens is 359 g/mol. The average molecular weight is 368 g/mol. The van der Waals surface area contributed by atoms with Gasteiger partial charge in [0.25, 0.3) is 0 Å². The van der Waals surface area contributed by atoms with Crippen LogP contribution in [-0.2, 0) is 0 Å². The third kappa shape index (κ3) is 3.52. The number of rotatable bonds is 4. The van der Waals surface area contributed by atoms with Gasteiger partial charge < -0.3 is 10.6 Å². The Morgan fingerprint density at radius 3 is 2.12 bits per heavy atom. The Morgan fingerprint density at radius 2 is 1.46 bits per heavy atom. The summed E-state index contributed by atoms with van der Waals surface area (Å²) < 4.78 is 27.3. The summed E-state index contributed by atoms with van der Waals surface area (Å²) in [5, 5.41) is 13.6. The van der Waals surface area contributed by atoms with Gasteiger partial charge >= 0.3 is 0 Å². The van der Waals surface area contributed by atoms with E-state index in [2.05, 4.69) is 25.8 Å². The Morgan fingerprint density at radius 1 is 0.833 bits per heavy atom. The largest absolute Gasteiger partial charge is 0.334 e. The van der Waals surface area contributed by atoms with Crippen LogP contribution in [0.15, 0.2) is 42.6 Å². The van der Waals surface area contributed by atoms with Gasteiger partial charge in [-0.05, 0) is 24.3 Å². The zero-order valence-electron chi connectivity index (χ0n) is 11.9. The lowest BCUT2D eigenvalue weighted by Crippen LogP contribution is -2.04. The molecule has 0 bridgehead atoms. The molecule has 1 aromatic heterocycles. The number of halogens is 4. The summed E-state index contributed by atoms with van der Waals surface area (Å²) in [7, 11) is 0. The average Bonchev–Trinajstić information content (AvgIpc) is 2.55. The van der Waals surface area contributed by atoms with Crippen LogP contribution < -0.4 is 10.6 Å². The third-order valence-electron chi connectivity index (χ3n) is 2.97. The summed E-state index contributed by atoms with van der Waals surface area (Å²) in [5.41, 5.74) is 0.0663. The lowest BCUT2D eigenvalue weighted by Gasteiger charge is -2.10. The third-order valence-corrected chi connectivity index (χ3v) is 3.60. The molecule has 2 N–H and O–H groups in total. The topological polar surface area (TPSA) is 62.7 Å². The summed E-state index contributed by atoms with van der Waals surface area (Å²) in [5.74, 6) is -1.35. The van der Waals surface area contributed by atoms with Gasteiger partial charge in [0.2, 0.25) is 5.95 Å². The van der Waals surface area contributed by atoms with E-state index in [0.29, 0.717) is 15.7 Å². The maximum Gasteiger partial charge on any atom is 0.249 e. The SMILES string of the molecule is Fc1cccc(F)c1Nc1cnnc(Nc2c(Cl)cccc2Cl)n1. The van der Waals surface area contributed by atoms with Gasteiger partial charge in [0.1, 0.15) is 17.3 Å². The second-order valence-electron chi connectivity index (χ2n) is 4.61. The zero-order valence-corrected chi connectivity index (χ0v) is 13.4. The molecule has 0 aliphatic heterocycles. The summed E-state index contributed by atoms with van der Waals surface area (Å²) in [6.45, 7) is 0. The van der Waals surface area contributed by atoms with E-state index >= 15 is 0 Å². The highest BCUT2D eigenvalue weighted by Crippen LogP contribution is 2.31. The second kappa shape index (κ2) is 6.94. The molecule has 0 saturated carbocycles. The highest BCUT2D eigenvalue weighted by Gasteiger charge is 2.11. The summed E-state index contributed by atoms with van der Waals surface area (Å²) in [6.07, 6.45) is 1.23. The van der Waals surface area contributed by atoms with Crippen molar-refractivity contribution in [2.75, 3.05) is 10.6 Å². The van der Waals surface area contributed by atoms with Gasteiger partial charge in [0.05, 0.1) is 21.9 Å². The molecule has 0 spiro atoms. The smallest absolute Gasteiger partial charge is 0.249 e. The molecule has 2 aromatic carbocycles. The Bertz CT molecular complexity index is 782. The Kier molecular flexibility index (Phi) is 4.73. The number of nitrogens with zero attached hydrogens (tertiary/aromatic N) is 3. The van der Waals surface area contributed by atoms with Gasteiger partial charge in [0.15, 0.2) is 5.82 Å². The normalized spacial score (nSPS) is 10.5. The van der Waals surface area contributed by atoms with Crippen molar-refractivity contribution in [2.45, 2.75) is 0 Å². The van der Waals surface area contributed by atoms with Crippen molar-refractivity contribution in [3.8, 4) is 0 Å². The first-order valence-electron chi connectivity index (χ1n) is 6.66. The van der Waals surface area contributed by atoms with Crippen molar-refractivity contribution < 1.29 is 8.78 Å². The Labute approximate surface area is 145 Å². The number of hydrogen-bond donors (Lipinski definition) is 2. The van der Waals surface area contributed by atoms with Crippen molar-refractivity contribution in [3.63, 3.8) is 0 Å². The maximum atomic E-state index is 13.7. The van der Waals surface area contributed by atoms with Crippen LogP contribution in [0.3, 0.4) is 0 Å². The minimum Gasteiger partial charge on any atom is -0.334 e. The molecule has 122 valence electrons. The van der Waals surface area contributed by atoms with Gasteiger partial charge in [-0.15, -0.1) is 5.10 Å². The first-order valence-corrected chi connectivity index (χ1v) is 7.42. The second-order valence-corrected chi connectivity index (χ2v) is 5.42. The van der Waals surface area contributed by atoms with Crippen molar-refractivity contribution in [2.24, 2.45) is 0 Å². The first kappa shape index (κ1) is 16.4. The highest BCUT2D eigenvalue weighted by atomic mass is 35.5. The molecule has 3 aromatic rings. The van der Waals surface area contributed by atoms with E-state index in [-0.39, 0.29) is 17.5 Å². The van der Waals surface area contributed by atoms with Crippen LogP contribution in [-0.4, -0.2) is 15.2 Å². The molecular formula is C15H9Cl2F2N5. The van der Waals surface area contributed by atoms with Crippen molar-refractivity contribution in [1.29, 1.82) is 0 Å². The molecule has 0 atom stereocenters. The van der Waals surface area contributed by atoms with E-state index in [4.69, 9.17) is 23.2 Å². The fraction of sp³-hybridized carbons (Fsp3) is 0. The summed E-state index contributed by atoms with van der Waals surface area (Å²) in [4.78, 5) is 4.08. The molecule has 24 heavy (non-hydrogen) atoms. The zero-order chi connectivity index (χ0) is 17.1. The number of para-hydroxylation sites is 2. The molecule has 0 aliphatic carbocycles. The van der Waals surface area contributed by atoms with Gasteiger partial charge in [-0.2, -0.15) is 10.1 Å². The van der Waals surface area contributed by atoms with Gasteiger partial charge in [0, 0.05) is 0 Å². The molecule has 9 heteroatoms. The van der Waals surface area contributed by atoms with E-state index in [0.717, 1.165) is 12.1 Å². The van der Waals surface area contributed by atoms with Crippen LogP contribution >= 0.6 is 23.2 Å². The predicted octanol–water partition coefficient (Wildman–Crippen LogP) is 4.94. The Hall–Kier alpha value is -2.51. The number of aromatic nitrogens is 3.